The van der Waals surface area contributed by atoms with E-state index in [1.54, 1.807) is 19.1 Å². The SMILES string of the molecule is C=C(N)c1ccc(-c2cc(C)nc3c(OCc4c(Cl)cc(C)nc4Cn4cccc(C(F)(F)F)c4=O)cccc23)n1C. The van der Waals surface area contributed by atoms with Gasteiger partial charge in [-0.1, -0.05) is 30.3 Å². The van der Waals surface area contributed by atoms with E-state index in [2.05, 4.69) is 11.6 Å². The number of para-hydroxylation sites is 1. The second-order valence-electron chi connectivity index (χ2n) is 9.96. The van der Waals surface area contributed by atoms with Crippen LogP contribution in [0.5, 0.6) is 5.75 Å². The molecule has 216 valence electrons. The van der Waals surface area contributed by atoms with Gasteiger partial charge in [-0.3, -0.25) is 9.78 Å². The van der Waals surface area contributed by atoms with Crippen molar-refractivity contribution < 1.29 is 17.9 Å². The third-order valence-corrected chi connectivity index (χ3v) is 7.30. The molecule has 0 saturated carbocycles. The highest BCUT2D eigenvalue weighted by atomic mass is 35.5. The summed E-state index contributed by atoms with van der Waals surface area (Å²) in [6, 6.07) is 15.0. The van der Waals surface area contributed by atoms with E-state index in [1.165, 1.54) is 12.3 Å². The van der Waals surface area contributed by atoms with Gasteiger partial charge < -0.3 is 19.6 Å². The molecule has 4 aromatic heterocycles. The largest absolute Gasteiger partial charge is 0.486 e. The van der Waals surface area contributed by atoms with Crippen molar-refractivity contribution in [2.24, 2.45) is 12.8 Å². The average Bonchev–Trinajstić information content (AvgIpc) is 3.29. The Kier molecular flexibility index (Phi) is 7.59. The lowest BCUT2D eigenvalue weighted by Gasteiger charge is -2.17. The molecule has 0 bridgehead atoms. The predicted octanol–water partition coefficient (Wildman–Crippen LogP) is 6.64. The maximum absolute atomic E-state index is 13.3. The molecule has 0 radical (unpaired) electrons. The number of pyridine rings is 3. The third-order valence-electron chi connectivity index (χ3n) is 6.96. The van der Waals surface area contributed by atoms with Crippen LogP contribution in [0.4, 0.5) is 13.2 Å². The van der Waals surface area contributed by atoms with Gasteiger partial charge in [-0.15, -0.1) is 0 Å². The highest BCUT2D eigenvalue weighted by Crippen LogP contribution is 2.35. The average molecular weight is 594 g/mol. The van der Waals surface area contributed by atoms with Gasteiger partial charge in [0.25, 0.3) is 5.56 Å². The standard InChI is InChI=1S/C31H27ClF3N5O2/c1-17-13-21(27-11-10-26(19(3)36)39(27)4)20-7-5-9-28(29(20)38-17)42-16-22-24(32)14-18(2)37-25(22)15-40-12-6-8-23(30(40)41)31(33,34)35/h5-14H,3,15-16,36H2,1-2,4H3. The zero-order valence-corrected chi connectivity index (χ0v) is 23.8. The smallest absolute Gasteiger partial charge is 0.421 e. The molecule has 2 N–H and O–H groups in total. The van der Waals surface area contributed by atoms with Crippen LogP contribution in [0.3, 0.4) is 0 Å². The van der Waals surface area contributed by atoms with Crippen molar-refractivity contribution in [3.05, 3.63) is 117 Å². The van der Waals surface area contributed by atoms with Gasteiger partial charge >= 0.3 is 6.18 Å². The molecule has 0 saturated heterocycles. The van der Waals surface area contributed by atoms with E-state index in [4.69, 9.17) is 27.1 Å². The lowest BCUT2D eigenvalue weighted by Crippen LogP contribution is -2.29. The summed E-state index contributed by atoms with van der Waals surface area (Å²) >= 11 is 6.58. The number of aromatic nitrogens is 4. The molecule has 42 heavy (non-hydrogen) atoms. The molecule has 1 aromatic carbocycles. The Bertz CT molecular complexity index is 1910. The van der Waals surface area contributed by atoms with Crippen molar-refractivity contribution in [3.63, 3.8) is 0 Å². The predicted molar refractivity (Wildman–Crippen MR) is 157 cm³/mol. The molecular weight excluding hydrogens is 567 g/mol. The molecule has 0 aliphatic rings. The zero-order valence-electron chi connectivity index (χ0n) is 23.1. The number of fused-ring (bicyclic) bond motifs is 1. The molecule has 0 aliphatic heterocycles. The highest BCUT2D eigenvalue weighted by molar-refractivity contribution is 6.31. The molecule has 11 heteroatoms. The summed E-state index contributed by atoms with van der Waals surface area (Å²) in [6.07, 6.45) is -3.49. The molecule has 0 amide bonds. The van der Waals surface area contributed by atoms with Crippen LogP contribution < -0.4 is 16.0 Å². The molecule has 0 unspecified atom stereocenters. The second-order valence-corrected chi connectivity index (χ2v) is 10.4. The van der Waals surface area contributed by atoms with Crippen LogP contribution in [0.25, 0.3) is 27.9 Å². The number of hydrogen-bond donors (Lipinski definition) is 1. The van der Waals surface area contributed by atoms with Crippen LogP contribution in [0.1, 0.15) is 33.9 Å². The minimum atomic E-state index is -4.78. The van der Waals surface area contributed by atoms with Gasteiger partial charge in [0.05, 0.1) is 23.0 Å². The Labute approximate surface area is 244 Å². The fourth-order valence-corrected chi connectivity index (χ4v) is 5.30. The number of alkyl halides is 3. The molecular formula is C31H27ClF3N5O2. The minimum absolute atomic E-state index is 0.0550. The van der Waals surface area contributed by atoms with Gasteiger partial charge in [0.15, 0.2) is 0 Å². The maximum Gasteiger partial charge on any atom is 0.421 e. The first kappa shape index (κ1) is 28.9. The van der Waals surface area contributed by atoms with Gasteiger partial charge in [0, 0.05) is 52.5 Å². The van der Waals surface area contributed by atoms with E-state index in [1.807, 2.05) is 48.9 Å². The number of benzene rings is 1. The fourth-order valence-electron chi connectivity index (χ4n) is 4.98. The van der Waals surface area contributed by atoms with Crippen LogP contribution in [0.15, 0.2) is 72.2 Å². The Morgan fingerprint density at radius 2 is 1.81 bits per heavy atom. The molecule has 0 spiro atoms. The second kappa shape index (κ2) is 11.0. The highest BCUT2D eigenvalue weighted by Gasteiger charge is 2.34. The van der Waals surface area contributed by atoms with Crippen LogP contribution in [0, 0.1) is 13.8 Å². The van der Waals surface area contributed by atoms with Gasteiger partial charge in [-0.05, 0) is 56.3 Å². The summed E-state index contributed by atoms with van der Waals surface area (Å²) in [5, 5.41) is 1.17. The van der Waals surface area contributed by atoms with E-state index in [-0.39, 0.29) is 13.2 Å². The van der Waals surface area contributed by atoms with Gasteiger partial charge in [-0.2, -0.15) is 13.2 Å². The number of aryl methyl sites for hydroxylation is 2. The lowest BCUT2D eigenvalue weighted by molar-refractivity contribution is -0.138. The van der Waals surface area contributed by atoms with Crippen molar-refractivity contribution in [3.8, 4) is 17.0 Å². The number of ether oxygens (including phenoxy) is 1. The Morgan fingerprint density at radius 3 is 2.50 bits per heavy atom. The monoisotopic (exact) mass is 593 g/mol. The molecule has 0 atom stereocenters. The van der Waals surface area contributed by atoms with Crippen LogP contribution >= 0.6 is 11.6 Å². The number of nitrogens with two attached hydrogens (primary N) is 1. The normalized spacial score (nSPS) is 11.7. The van der Waals surface area contributed by atoms with Gasteiger partial charge in [-0.25, -0.2) is 4.98 Å². The van der Waals surface area contributed by atoms with Gasteiger partial charge in [0.1, 0.15) is 23.4 Å². The number of nitrogens with zero attached hydrogens (tertiary/aromatic N) is 4. The number of rotatable bonds is 7. The Hall–Kier alpha value is -4.57. The molecule has 0 aliphatic carbocycles. The summed E-state index contributed by atoms with van der Waals surface area (Å²) in [4.78, 5) is 21.8. The molecule has 4 heterocycles. The topological polar surface area (TPSA) is 88.0 Å². The maximum atomic E-state index is 13.3. The summed E-state index contributed by atoms with van der Waals surface area (Å²) in [6.45, 7) is 7.17. The van der Waals surface area contributed by atoms with E-state index >= 15 is 0 Å². The molecule has 5 rings (SSSR count). The Morgan fingerprint density at radius 1 is 1.07 bits per heavy atom. The zero-order chi connectivity index (χ0) is 30.3. The van der Waals surface area contributed by atoms with Crippen molar-refractivity contribution >= 4 is 28.2 Å². The minimum Gasteiger partial charge on any atom is -0.486 e. The third kappa shape index (κ3) is 5.49. The summed E-state index contributed by atoms with van der Waals surface area (Å²) in [7, 11) is 1.91. The quantitative estimate of drug-likeness (QED) is 0.228. The van der Waals surface area contributed by atoms with Crippen molar-refractivity contribution in [2.45, 2.75) is 33.2 Å². The number of hydrogen-bond acceptors (Lipinski definition) is 5. The Balaban J connectivity index is 1.53. The molecule has 7 nitrogen and oxygen atoms in total. The molecule has 5 aromatic rings. The van der Waals surface area contributed by atoms with E-state index in [0.29, 0.717) is 38.9 Å². The van der Waals surface area contributed by atoms with Gasteiger partial charge in [0.2, 0.25) is 0 Å². The van der Waals surface area contributed by atoms with E-state index < -0.39 is 17.3 Å². The summed E-state index contributed by atoms with van der Waals surface area (Å²) in [5.74, 6) is 0.481. The first-order chi connectivity index (χ1) is 19.8. The van der Waals surface area contributed by atoms with Crippen molar-refractivity contribution in [1.29, 1.82) is 0 Å². The van der Waals surface area contributed by atoms with Crippen LogP contribution in [0.2, 0.25) is 5.02 Å². The summed E-state index contributed by atoms with van der Waals surface area (Å²) in [5.41, 5.74) is 9.34. The lowest BCUT2D eigenvalue weighted by atomic mass is 10.0. The van der Waals surface area contributed by atoms with Crippen molar-refractivity contribution in [2.75, 3.05) is 0 Å². The van der Waals surface area contributed by atoms with Crippen molar-refractivity contribution in [1.82, 2.24) is 19.1 Å². The fraction of sp³-hybridized carbons (Fsp3) is 0.194. The van der Waals surface area contributed by atoms with Crippen LogP contribution in [-0.4, -0.2) is 19.1 Å². The van der Waals surface area contributed by atoms with E-state index in [9.17, 15) is 18.0 Å². The first-order valence-electron chi connectivity index (χ1n) is 12.9. The van der Waals surface area contributed by atoms with Crippen LogP contribution in [-0.2, 0) is 26.4 Å². The number of halogens is 4. The summed E-state index contributed by atoms with van der Waals surface area (Å²) < 4.78 is 49.2. The van der Waals surface area contributed by atoms with E-state index in [0.717, 1.165) is 38.7 Å². The first-order valence-corrected chi connectivity index (χ1v) is 13.3. The molecule has 0 fully saturated rings.